The van der Waals surface area contributed by atoms with E-state index in [1.54, 1.807) is 85.8 Å². The maximum Gasteiger partial charge on any atom is 0.270 e. The molecule has 0 aliphatic rings. The van der Waals surface area contributed by atoms with Gasteiger partial charge in [0.15, 0.2) is 8.24 Å². The second-order valence-corrected chi connectivity index (χ2v) is 37.0. The van der Waals surface area contributed by atoms with Crippen molar-refractivity contribution in [3.05, 3.63) is 225 Å². The van der Waals surface area contributed by atoms with Gasteiger partial charge in [-0.05, 0) is 147 Å². The SMILES string of the molecule is CCCCC(CC)CN=Cc1ccccc1O.CCCCCCN=Cc1ccccc1O.CCCCN=Cc1ccccc1O.CCCN=Cc1c(O)ccc2ccccc12.CCCN=Cc1cc([N+](=O)[O-])ccc1O.C[Si](C)(C)CCN=Cc1ccccc1O.C[Si](C)(C)N=Cc1ccccc1O. The molecule has 19 heteroatoms. The van der Waals surface area contributed by atoms with Crippen LogP contribution in [-0.4, -0.2) is 140 Å². The van der Waals surface area contributed by atoms with Crippen LogP contribution in [0.4, 0.5) is 5.69 Å². The first kappa shape index (κ1) is 90.2. The molecular formula is C85H118N8O9Si2. The summed E-state index contributed by atoms with van der Waals surface area (Å²) in [6.45, 7) is 31.2. The number of rotatable bonds is 30. The van der Waals surface area contributed by atoms with Gasteiger partial charge in [-0.3, -0.25) is 40.1 Å². The van der Waals surface area contributed by atoms with E-state index < -0.39 is 21.2 Å². The standard InChI is InChI=1S/C15H23NO.C14H15NO.C13H19NO.C12H19NOSi.C11H15NO.C10H12N2O3.C10H15NOSi/c1-3-5-8-13(4-2)11-16-12-14-9-6-7-10-15(14)17;1-2-9-15-10-13-12-6-4-3-5-11(12)7-8-14(13)16;1-2-3-4-7-10-14-11-12-8-5-6-9-13(12)15;1-15(2,3)9-8-13-10-11-6-4-5-7-12(11)14;1-2-3-8-12-9-10-6-4-5-7-11(10)13;1-2-5-11-7-8-6-9(12(14)15)3-4-10(8)13;1-13(2,3)11-8-9-6-4-5-7-10(9)12/h6-7,9-10,12-13,17H,3-5,8,11H2,1-2H3;3-8,10,16H,2,9H2,1H3;5-6,8-9,11,15H,2-4,7,10H2,1H3;4-7,10,14H,8-9H2,1-3H3;4-7,9,13H,2-3,8H2,1H3;3-4,6-7,13H,2,5H2,1H3;4-8,12H,1-3H3. The van der Waals surface area contributed by atoms with E-state index in [1.807, 2.05) is 116 Å². The fourth-order valence-electron chi connectivity index (χ4n) is 8.99. The van der Waals surface area contributed by atoms with Crippen molar-refractivity contribution in [1.29, 1.82) is 0 Å². The first-order chi connectivity index (χ1) is 49.9. The van der Waals surface area contributed by atoms with Crippen LogP contribution in [0, 0.1) is 16.0 Å². The molecule has 7 N–H and O–H groups in total. The predicted molar refractivity (Wildman–Crippen MR) is 448 cm³/mol. The molecule has 0 saturated carbocycles. The maximum absolute atomic E-state index is 10.5. The number of non-ortho nitro benzene ring substituents is 1. The molecule has 0 heterocycles. The van der Waals surface area contributed by atoms with Crippen molar-refractivity contribution in [1.82, 2.24) is 0 Å². The van der Waals surface area contributed by atoms with Gasteiger partial charge in [-0.2, -0.15) is 0 Å². The fraction of sp³-hybridized carbons (Fsp3) is 0.376. The summed E-state index contributed by atoms with van der Waals surface area (Å²) in [5, 5.41) is 79.2. The number of nitro benzene ring substituents is 1. The molecule has 8 aromatic carbocycles. The number of nitro groups is 1. The molecule has 17 nitrogen and oxygen atoms in total. The highest BCUT2D eigenvalue weighted by Crippen LogP contribution is 2.26. The minimum atomic E-state index is -1.40. The molecule has 8 aromatic rings. The Morgan fingerprint density at radius 3 is 1.22 bits per heavy atom. The molecule has 8 rings (SSSR count). The maximum atomic E-state index is 10.5. The Hall–Kier alpha value is -9.86. The quantitative estimate of drug-likeness (QED) is 0.00740. The average molecular weight is 1450 g/mol. The summed E-state index contributed by atoms with van der Waals surface area (Å²) < 4.78 is 4.44. The summed E-state index contributed by atoms with van der Waals surface area (Å²) in [5.41, 5.74) is 5.12. The van der Waals surface area contributed by atoms with E-state index in [1.165, 1.54) is 75.4 Å². The summed E-state index contributed by atoms with van der Waals surface area (Å²) in [6.07, 6.45) is 26.0. The van der Waals surface area contributed by atoms with Crippen molar-refractivity contribution < 1.29 is 40.7 Å². The van der Waals surface area contributed by atoms with Crippen LogP contribution in [0.3, 0.4) is 0 Å². The molecule has 0 aromatic heterocycles. The molecule has 1 atom stereocenters. The van der Waals surface area contributed by atoms with Gasteiger partial charge in [0.2, 0.25) is 0 Å². The number of hydrogen-bond acceptors (Lipinski definition) is 16. The van der Waals surface area contributed by atoms with E-state index in [0.717, 1.165) is 109 Å². The number of hydrogen-bond donors (Lipinski definition) is 7. The summed E-state index contributed by atoms with van der Waals surface area (Å²) in [5.74, 6) is 2.46. The van der Waals surface area contributed by atoms with E-state index >= 15 is 0 Å². The lowest BCUT2D eigenvalue weighted by Gasteiger charge is -2.12. The molecule has 0 radical (unpaired) electrons. The molecule has 0 aliphatic carbocycles. The third kappa shape index (κ3) is 41.3. The number of para-hydroxylation sites is 5. The largest absolute Gasteiger partial charge is 0.507 e. The monoisotopic (exact) mass is 1450 g/mol. The Balaban J connectivity index is 0.000000413. The number of aliphatic imine (C=N–C) groups is 6. The second kappa shape index (κ2) is 53.9. The van der Waals surface area contributed by atoms with Crippen LogP contribution >= 0.6 is 0 Å². The lowest BCUT2D eigenvalue weighted by molar-refractivity contribution is -0.384. The molecule has 560 valence electrons. The van der Waals surface area contributed by atoms with Crippen molar-refractivity contribution in [2.75, 3.05) is 39.3 Å². The van der Waals surface area contributed by atoms with E-state index in [4.69, 9.17) is 0 Å². The predicted octanol–water partition coefficient (Wildman–Crippen LogP) is 21.3. The number of fused-ring (bicyclic) bond motifs is 1. The first-order valence-corrected chi connectivity index (χ1v) is 43.7. The van der Waals surface area contributed by atoms with E-state index in [0.29, 0.717) is 52.5 Å². The number of phenols is 7. The molecule has 0 aliphatic heterocycles. The molecule has 1 unspecified atom stereocenters. The first-order valence-electron chi connectivity index (χ1n) is 36.5. The van der Waals surface area contributed by atoms with Gasteiger partial charge in [0.25, 0.3) is 5.69 Å². The van der Waals surface area contributed by atoms with Crippen molar-refractivity contribution in [3.8, 4) is 40.2 Å². The van der Waals surface area contributed by atoms with Crippen LogP contribution in [-0.2, 0) is 0 Å². The molecule has 0 bridgehead atoms. The summed E-state index contributed by atoms with van der Waals surface area (Å²) in [7, 11) is -2.39. The molecule has 0 spiro atoms. The van der Waals surface area contributed by atoms with Crippen LogP contribution in [0.2, 0.25) is 45.3 Å². The van der Waals surface area contributed by atoms with E-state index in [9.17, 15) is 45.9 Å². The summed E-state index contributed by atoms with van der Waals surface area (Å²) in [6, 6.07) is 53.0. The zero-order valence-corrected chi connectivity index (χ0v) is 65.8. The van der Waals surface area contributed by atoms with Crippen LogP contribution in [0.15, 0.2) is 211 Å². The third-order valence-corrected chi connectivity index (χ3v) is 17.8. The van der Waals surface area contributed by atoms with Gasteiger partial charge in [0, 0.05) is 142 Å². The number of phenolic OH excluding ortho intramolecular Hbond substituents is 7. The van der Waals surface area contributed by atoms with Crippen molar-refractivity contribution in [2.24, 2.45) is 40.5 Å². The molecule has 0 saturated heterocycles. The van der Waals surface area contributed by atoms with Gasteiger partial charge in [-0.1, -0.05) is 197 Å². The highest BCUT2D eigenvalue weighted by Gasteiger charge is 2.13. The highest BCUT2D eigenvalue weighted by molar-refractivity contribution is 6.76. The fourth-order valence-corrected chi connectivity index (χ4v) is 10.3. The van der Waals surface area contributed by atoms with Gasteiger partial charge in [0.05, 0.1) is 4.92 Å². The molecule has 0 fully saturated rings. The van der Waals surface area contributed by atoms with Gasteiger partial charge in [-0.15, -0.1) is 0 Å². The average Bonchev–Trinajstić information content (AvgIpc) is 0.830. The second-order valence-electron chi connectivity index (χ2n) is 26.8. The number of aromatic hydroxyl groups is 7. The minimum absolute atomic E-state index is 0.000420. The highest BCUT2D eigenvalue weighted by atomic mass is 28.3. The van der Waals surface area contributed by atoms with Crippen LogP contribution in [0.1, 0.15) is 158 Å². The lowest BCUT2D eigenvalue weighted by atomic mass is 10.00. The van der Waals surface area contributed by atoms with Gasteiger partial charge in [0.1, 0.15) is 40.2 Å². The van der Waals surface area contributed by atoms with Gasteiger partial charge >= 0.3 is 0 Å². The number of nitrogens with zero attached hydrogens (tertiary/aromatic N) is 8. The van der Waals surface area contributed by atoms with Crippen LogP contribution in [0.5, 0.6) is 40.2 Å². The Labute approximate surface area is 622 Å². The normalized spacial score (nSPS) is 11.7. The Morgan fingerprint density at radius 1 is 0.385 bits per heavy atom. The summed E-state index contributed by atoms with van der Waals surface area (Å²) in [4.78, 5) is 35.5. The van der Waals surface area contributed by atoms with Gasteiger partial charge in [-0.25, -0.2) is 0 Å². The van der Waals surface area contributed by atoms with E-state index in [2.05, 4.69) is 109 Å². The van der Waals surface area contributed by atoms with Crippen molar-refractivity contribution in [2.45, 2.75) is 164 Å². The van der Waals surface area contributed by atoms with Crippen LogP contribution in [0.25, 0.3) is 10.8 Å². The van der Waals surface area contributed by atoms with Crippen LogP contribution < -0.4 is 0 Å². The third-order valence-electron chi connectivity index (χ3n) is 15.2. The Morgan fingerprint density at radius 2 is 0.779 bits per heavy atom. The molecule has 0 amide bonds. The molecular weight excluding hydrogens is 1330 g/mol. The van der Waals surface area contributed by atoms with Crippen molar-refractivity contribution in [3.63, 3.8) is 0 Å². The minimum Gasteiger partial charge on any atom is -0.507 e. The lowest BCUT2D eigenvalue weighted by Crippen LogP contribution is -2.20. The number of unbranched alkanes of at least 4 members (excludes halogenated alkanes) is 5. The zero-order chi connectivity index (χ0) is 76.8. The van der Waals surface area contributed by atoms with E-state index in [-0.39, 0.29) is 11.4 Å². The Bertz CT molecular complexity index is 3900. The smallest absolute Gasteiger partial charge is 0.270 e. The number of benzene rings is 8. The summed E-state index contributed by atoms with van der Waals surface area (Å²) >= 11 is 0. The molecule has 104 heavy (non-hydrogen) atoms. The van der Waals surface area contributed by atoms with Gasteiger partial charge < -0.3 is 40.4 Å². The zero-order valence-electron chi connectivity index (χ0n) is 63.8. The van der Waals surface area contributed by atoms with Crippen molar-refractivity contribution >= 4 is 76.3 Å². The topological polar surface area (TPSA) is 271 Å². The Kier molecular flexibility index (Phi) is 46.8.